The van der Waals surface area contributed by atoms with Gasteiger partial charge in [-0.2, -0.15) is 4.98 Å². The van der Waals surface area contributed by atoms with Crippen molar-refractivity contribution in [1.82, 2.24) is 14.9 Å². The van der Waals surface area contributed by atoms with Gasteiger partial charge in [0.25, 0.3) is 0 Å². The molecule has 0 aliphatic rings. The van der Waals surface area contributed by atoms with Crippen molar-refractivity contribution < 1.29 is 0 Å². The first-order valence-corrected chi connectivity index (χ1v) is 7.45. The zero-order valence-electron chi connectivity index (χ0n) is 13.5. The standard InChI is InChI=1S/C15H29N5/c1-12(2)7-9-16-14-11-13(3)18-15(19-14)17-8-6-10-20(4)5/h11-12H,6-10H2,1-5H3,(H2,16,17,18,19). The molecular weight excluding hydrogens is 250 g/mol. The van der Waals surface area contributed by atoms with Gasteiger partial charge >= 0.3 is 0 Å². The summed E-state index contributed by atoms with van der Waals surface area (Å²) in [6.45, 7) is 9.37. The number of rotatable bonds is 9. The van der Waals surface area contributed by atoms with Gasteiger partial charge in [0.2, 0.25) is 5.95 Å². The normalized spacial score (nSPS) is 11.2. The van der Waals surface area contributed by atoms with E-state index in [1.165, 1.54) is 0 Å². The third kappa shape index (κ3) is 7.28. The molecule has 0 spiro atoms. The lowest BCUT2D eigenvalue weighted by atomic mass is 10.1. The van der Waals surface area contributed by atoms with Crippen LogP contribution in [-0.2, 0) is 0 Å². The molecule has 5 nitrogen and oxygen atoms in total. The fourth-order valence-corrected chi connectivity index (χ4v) is 1.82. The zero-order valence-corrected chi connectivity index (χ0v) is 13.5. The third-order valence-electron chi connectivity index (χ3n) is 2.95. The lowest BCUT2D eigenvalue weighted by Crippen LogP contribution is -2.17. The van der Waals surface area contributed by atoms with Gasteiger partial charge in [0.1, 0.15) is 5.82 Å². The van der Waals surface area contributed by atoms with Gasteiger partial charge in [-0.05, 0) is 46.3 Å². The van der Waals surface area contributed by atoms with Gasteiger partial charge < -0.3 is 15.5 Å². The van der Waals surface area contributed by atoms with Gasteiger partial charge in [-0.15, -0.1) is 0 Å². The Labute approximate surface area is 123 Å². The van der Waals surface area contributed by atoms with Crippen LogP contribution >= 0.6 is 0 Å². The third-order valence-corrected chi connectivity index (χ3v) is 2.95. The number of anilines is 2. The number of aryl methyl sites for hydroxylation is 1. The maximum Gasteiger partial charge on any atom is 0.224 e. The Hall–Kier alpha value is -1.36. The molecule has 0 amide bonds. The predicted molar refractivity (Wildman–Crippen MR) is 86.4 cm³/mol. The molecule has 1 aromatic heterocycles. The molecule has 0 aliphatic heterocycles. The smallest absolute Gasteiger partial charge is 0.224 e. The molecular formula is C15H29N5. The van der Waals surface area contributed by atoms with Gasteiger partial charge in [-0.25, -0.2) is 4.98 Å². The molecule has 5 heteroatoms. The number of hydrogen-bond acceptors (Lipinski definition) is 5. The maximum absolute atomic E-state index is 4.50. The van der Waals surface area contributed by atoms with E-state index in [0.717, 1.165) is 49.9 Å². The van der Waals surface area contributed by atoms with Crippen LogP contribution in [-0.4, -0.2) is 48.6 Å². The summed E-state index contributed by atoms with van der Waals surface area (Å²) in [4.78, 5) is 11.1. The van der Waals surface area contributed by atoms with Crippen molar-refractivity contribution in [3.05, 3.63) is 11.8 Å². The molecule has 0 saturated heterocycles. The van der Waals surface area contributed by atoms with E-state index in [1.54, 1.807) is 0 Å². The summed E-state index contributed by atoms with van der Waals surface area (Å²) < 4.78 is 0. The summed E-state index contributed by atoms with van der Waals surface area (Å²) in [6, 6.07) is 1.99. The van der Waals surface area contributed by atoms with Gasteiger partial charge in [-0.3, -0.25) is 0 Å². The largest absolute Gasteiger partial charge is 0.370 e. The van der Waals surface area contributed by atoms with E-state index in [0.29, 0.717) is 5.92 Å². The Bertz CT molecular complexity index is 390. The van der Waals surface area contributed by atoms with Crippen molar-refractivity contribution in [2.24, 2.45) is 5.92 Å². The minimum Gasteiger partial charge on any atom is -0.370 e. The Morgan fingerprint density at radius 3 is 2.55 bits per heavy atom. The first kappa shape index (κ1) is 16.7. The minimum atomic E-state index is 0.703. The van der Waals surface area contributed by atoms with Crippen LogP contribution < -0.4 is 10.6 Å². The predicted octanol–water partition coefficient (Wildman–Crippen LogP) is 2.61. The number of hydrogen-bond donors (Lipinski definition) is 2. The minimum absolute atomic E-state index is 0.703. The van der Waals surface area contributed by atoms with Crippen LogP contribution in [0.15, 0.2) is 6.07 Å². The summed E-state index contributed by atoms with van der Waals surface area (Å²) in [5.41, 5.74) is 0.988. The van der Waals surface area contributed by atoms with Gasteiger partial charge in [0, 0.05) is 24.8 Å². The van der Waals surface area contributed by atoms with Crippen molar-refractivity contribution in [2.75, 3.05) is 44.4 Å². The number of nitrogens with zero attached hydrogens (tertiary/aromatic N) is 3. The van der Waals surface area contributed by atoms with Crippen molar-refractivity contribution in [3.63, 3.8) is 0 Å². The second-order valence-corrected chi connectivity index (χ2v) is 5.91. The van der Waals surface area contributed by atoms with Crippen LogP contribution in [0.1, 0.15) is 32.4 Å². The molecule has 2 N–H and O–H groups in total. The van der Waals surface area contributed by atoms with Crippen molar-refractivity contribution >= 4 is 11.8 Å². The van der Waals surface area contributed by atoms with E-state index >= 15 is 0 Å². The molecule has 20 heavy (non-hydrogen) atoms. The Balaban J connectivity index is 2.44. The van der Waals surface area contributed by atoms with E-state index in [2.05, 4.69) is 53.4 Å². The lowest BCUT2D eigenvalue weighted by molar-refractivity contribution is 0.405. The summed E-state index contributed by atoms with van der Waals surface area (Å²) >= 11 is 0. The molecule has 0 radical (unpaired) electrons. The average molecular weight is 279 g/mol. The first-order valence-electron chi connectivity index (χ1n) is 7.45. The molecule has 1 rings (SSSR count). The van der Waals surface area contributed by atoms with Crippen LogP contribution in [0, 0.1) is 12.8 Å². The van der Waals surface area contributed by atoms with Crippen LogP contribution in [0.4, 0.5) is 11.8 Å². The highest BCUT2D eigenvalue weighted by Gasteiger charge is 2.02. The highest BCUT2D eigenvalue weighted by Crippen LogP contribution is 2.10. The SMILES string of the molecule is Cc1cc(NCCC(C)C)nc(NCCCN(C)C)n1. The number of nitrogens with one attached hydrogen (secondary N) is 2. The lowest BCUT2D eigenvalue weighted by Gasteiger charge is -2.12. The average Bonchev–Trinajstić information content (AvgIpc) is 2.33. The molecule has 0 fully saturated rings. The molecule has 1 aromatic rings. The fraction of sp³-hybridized carbons (Fsp3) is 0.733. The molecule has 0 aliphatic carbocycles. The Morgan fingerprint density at radius 2 is 1.90 bits per heavy atom. The molecule has 114 valence electrons. The van der Waals surface area contributed by atoms with Crippen molar-refractivity contribution in [3.8, 4) is 0 Å². The maximum atomic E-state index is 4.50. The van der Waals surface area contributed by atoms with Gasteiger partial charge in [-0.1, -0.05) is 13.8 Å². The molecule has 0 saturated carbocycles. The highest BCUT2D eigenvalue weighted by molar-refractivity contribution is 5.42. The number of aromatic nitrogens is 2. The second kappa shape index (κ2) is 8.74. The zero-order chi connectivity index (χ0) is 15.0. The summed E-state index contributed by atoms with van der Waals surface area (Å²) in [6.07, 6.45) is 2.23. The molecule has 0 bridgehead atoms. The van der Waals surface area contributed by atoms with Crippen LogP contribution in [0.5, 0.6) is 0 Å². The van der Waals surface area contributed by atoms with Gasteiger partial charge in [0.05, 0.1) is 0 Å². The Kier molecular flexibility index (Phi) is 7.30. The van der Waals surface area contributed by atoms with E-state index in [1.807, 2.05) is 13.0 Å². The van der Waals surface area contributed by atoms with E-state index in [-0.39, 0.29) is 0 Å². The molecule has 1 heterocycles. The molecule has 0 aromatic carbocycles. The summed E-state index contributed by atoms with van der Waals surface area (Å²) in [7, 11) is 4.17. The first-order chi connectivity index (χ1) is 9.47. The van der Waals surface area contributed by atoms with Crippen molar-refractivity contribution in [2.45, 2.75) is 33.6 Å². The summed E-state index contributed by atoms with van der Waals surface area (Å²) in [5.74, 6) is 2.33. The van der Waals surface area contributed by atoms with Crippen molar-refractivity contribution in [1.29, 1.82) is 0 Å². The van der Waals surface area contributed by atoms with E-state index in [4.69, 9.17) is 0 Å². The van der Waals surface area contributed by atoms with E-state index in [9.17, 15) is 0 Å². The summed E-state index contributed by atoms with van der Waals surface area (Å²) in [5, 5.41) is 6.66. The fourth-order valence-electron chi connectivity index (χ4n) is 1.82. The second-order valence-electron chi connectivity index (χ2n) is 5.91. The topological polar surface area (TPSA) is 53.1 Å². The van der Waals surface area contributed by atoms with Crippen LogP contribution in [0.25, 0.3) is 0 Å². The quantitative estimate of drug-likeness (QED) is 0.681. The molecule has 0 atom stereocenters. The van der Waals surface area contributed by atoms with Crippen LogP contribution in [0.2, 0.25) is 0 Å². The van der Waals surface area contributed by atoms with Crippen LogP contribution in [0.3, 0.4) is 0 Å². The highest BCUT2D eigenvalue weighted by atomic mass is 15.1. The van der Waals surface area contributed by atoms with Gasteiger partial charge in [0.15, 0.2) is 0 Å². The monoisotopic (exact) mass is 279 g/mol. The molecule has 0 unspecified atom stereocenters. The Morgan fingerprint density at radius 1 is 1.15 bits per heavy atom. The van der Waals surface area contributed by atoms with E-state index < -0.39 is 0 Å².